The molecule has 6 heteroatoms. The molecule has 0 aliphatic carbocycles. The minimum atomic E-state index is 0.0331. The van der Waals surface area contributed by atoms with Gasteiger partial charge in [0.25, 0.3) is 0 Å². The number of thiophene rings is 1. The first kappa shape index (κ1) is 13.5. The van der Waals surface area contributed by atoms with E-state index < -0.39 is 0 Å². The number of aryl methyl sites for hydroxylation is 2. The van der Waals surface area contributed by atoms with Gasteiger partial charge in [0.2, 0.25) is 0 Å². The van der Waals surface area contributed by atoms with Crippen LogP contribution in [0.25, 0.3) is 0 Å². The fraction of sp³-hybridized carbons (Fsp3) is 0.417. The molecule has 98 valence electrons. The number of hydrazine groups is 1. The summed E-state index contributed by atoms with van der Waals surface area (Å²) in [5.41, 5.74) is 5.09. The third-order valence-electron chi connectivity index (χ3n) is 2.89. The number of aromatic nitrogens is 2. The van der Waals surface area contributed by atoms with Gasteiger partial charge in [-0.25, -0.2) is 0 Å². The topological polar surface area (TPSA) is 55.9 Å². The molecule has 2 rings (SSSR count). The molecule has 0 saturated heterocycles. The first-order valence-corrected chi connectivity index (χ1v) is 7.12. The van der Waals surface area contributed by atoms with E-state index in [1.165, 1.54) is 0 Å². The SMILES string of the molecule is CCn1cc(CC(NN)c2scc(C)c2Cl)cn1. The summed E-state index contributed by atoms with van der Waals surface area (Å²) in [5.74, 6) is 5.64. The van der Waals surface area contributed by atoms with E-state index in [-0.39, 0.29) is 6.04 Å². The van der Waals surface area contributed by atoms with Gasteiger partial charge in [-0.1, -0.05) is 11.6 Å². The average molecular weight is 285 g/mol. The first-order valence-electron chi connectivity index (χ1n) is 5.86. The van der Waals surface area contributed by atoms with Crippen LogP contribution >= 0.6 is 22.9 Å². The van der Waals surface area contributed by atoms with Crippen LogP contribution in [0.2, 0.25) is 5.02 Å². The van der Waals surface area contributed by atoms with E-state index in [1.807, 2.05) is 24.0 Å². The van der Waals surface area contributed by atoms with Gasteiger partial charge >= 0.3 is 0 Å². The highest BCUT2D eigenvalue weighted by molar-refractivity contribution is 7.10. The summed E-state index contributed by atoms with van der Waals surface area (Å²) in [5, 5.41) is 7.13. The molecule has 2 aromatic heterocycles. The molecule has 2 aromatic rings. The molecule has 0 fully saturated rings. The number of hydrogen-bond acceptors (Lipinski definition) is 4. The van der Waals surface area contributed by atoms with Gasteiger partial charge in [-0.2, -0.15) is 5.10 Å². The zero-order valence-electron chi connectivity index (χ0n) is 10.5. The highest BCUT2D eigenvalue weighted by Gasteiger charge is 2.18. The number of hydrogen-bond donors (Lipinski definition) is 2. The van der Waals surface area contributed by atoms with Crippen molar-refractivity contribution in [3.63, 3.8) is 0 Å². The molecule has 0 bridgehead atoms. The van der Waals surface area contributed by atoms with Crippen LogP contribution in [-0.4, -0.2) is 9.78 Å². The van der Waals surface area contributed by atoms with Gasteiger partial charge in [-0.05, 0) is 36.8 Å². The van der Waals surface area contributed by atoms with Crippen LogP contribution in [0.3, 0.4) is 0 Å². The Balaban J connectivity index is 2.16. The average Bonchev–Trinajstić information content (AvgIpc) is 2.96. The summed E-state index contributed by atoms with van der Waals surface area (Å²) in [6.07, 6.45) is 4.71. The normalized spacial score (nSPS) is 12.9. The largest absolute Gasteiger partial charge is 0.273 e. The second kappa shape index (κ2) is 5.84. The lowest BCUT2D eigenvalue weighted by Crippen LogP contribution is -2.29. The molecular weight excluding hydrogens is 268 g/mol. The van der Waals surface area contributed by atoms with Crippen molar-refractivity contribution >= 4 is 22.9 Å². The van der Waals surface area contributed by atoms with Crippen LogP contribution < -0.4 is 11.3 Å². The lowest BCUT2D eigenvalue weighted by Gasteiger charge is -2.13. The molecule has 0 amide bonds. The maximum atomic E-state index is 6.28. The van der Waals surface area contributed by atoms with Gasteiger partial charge in [0.05, 0.1) is 17.3 Å². The first-order chi connectivity index (χ1) is 8.65. The van der Waals surface area contributed by atoms with Crippen molar-refractivity contribution < 1.29 is 0 Å². The Hall–Kier alpha value is -0.880. The molecular formula is C12H17ClN4S. The molecule has 0 saturated carbocycles. The monoisotopic (exact) mass is 284 g/mol. The van der Waals surface area contributed by atoms with Crippen molar-refractivity contribution in [2.24, 2.45) is 5.84 Å². The minimum Gasteiger partial charge on any atom is -0.273 e. The molecule has 3 N–H and O–H groups in total. The smallest absolute Gasteiger partial charge is 0.0609 e. The van der Waals surface area contributed by atoms with Crippen molar-refractivity contribution in [1.29, 1.82) is 0 Å². The van der Waals surface area contributed by atoms with E-state index in [9.17, 15) is 0 Å². The Labute approximate surface area is 116 Å². The number of nitrogens with two attached hydrogens (primary N) is 1. The molecule has 2 heterocycles. The molecule has 0 aliphatic heterocycles. The quantitative estimate of drug-likeness (QED) is 0.656. The van der Waals surface area contributed by atoms with Crippen molar-refractivity contribution in [3.8, 4) is 0 Å². The van der Waals surface area contributed by atoms with Crippen molar-refractivity contribution in [3.05, 3.63) is 38.8 Å². The number of nitrogens with zero attached hydrogens (tertiary/aromatic N) is 2. The summed E-state index contributed by atoms with van der Waals surface area (Å²) in [6.45, 7) is 4.94. The molecule has 0 aliphatic rings. The molecule has 4 nitrogen and oxygen atoms in total. The number of rotatable bonds is 5. The standard InChI is InChI=1S/C12H17ClN4S/c1-3-17-6-9(5-15-17)4-10(16-14)12-11(13)8(2)7-18-12/h5-7,10,16H,3-4,14H2,1-2H3. The Morgan fingerprint density at radius 3 is 2.89 bits per heavy atom. The Bertz CT molecular complexity index is 520. The summed E-state index contributed by atoms with van der Waals surface area (Å²) >= 11 is 7.91. The van der Waals surface area contributed by atoms with Crippen LogP contribution in [0.15, 0.2) is 17.8 Å². The maximum Gasteiger partial charge on any atom is 0.0609 e. The van der Waals surface area contributed by atoms with Gasteiger partial charge in [0.15, 0.2) is 0 Å². The van der Waals surface area contributed by atoms with Gasteiger partial charge in [-0.15, -0.1) is 11.3 Å². The van der Waals surface area contributed by atoms with E-state index in [4.69, 9.17) is 17.4 Å². The lowest BCUT2D eigenvalue weighted by atomic mass is 10.1. The Morgan fingerprint density at radius 1 is 1.61 bits per heavy atom. The van der Waals surface area contributed by atoms with E-state index in [0.29, 0.717) is 0 Å². The fourth-order valence-electron chi connectivity index (χ4n) is 1.83. The summed E-state index contributed by atoms with van der Waals surface area (Å²) in [7, 11) is 0. The molecule has 0 spiro atoms. The molecule has 1 unspecified atom stereocenters. The second-order valence-electron chi connectivity index (χ2n) is 4.22. The van der Waals surface area contributed by atoms with E-state index in [1.54, 1.807) is 11.3 Å². The van der Waals surface area contributed by atoms with Crippen LogP contribution in [0.5, 0.6) is 0 Å². The van der Waals surface area contributed by atoms with E-state index in [2.05, 4.69) is 22.8 Å². The van der Waals surface area contributed by atoms with E-state index >= 15 is 0 Å². The van der Waals surface area contributed by atoms with Crippen LogP contribution in [0.4, 0.5) is 0 Å². The second-order valence-corrected chi connectivity index (χ2v) is 5.51. The summed E-state index contributed by atoms with van der Waals surface area (Å²) < 4.78 is 1.91. The van der Waals surface area contributed by atoms with Crippen molar-refractivity contribution in [1.82, 2.24) is 15.2 Å². The van der Waals surface area contributed by atoms with Crippen LogP contribution in [-0.2, 0) is 13.0 Å². The highest BCUT2D eigenvalue weighted by Crippen LogP contribution is 2.33. The predicted octanol–water partition coefficient (Wildman–Crippen LogP) is 2.67. The zero-order valence-corrected chi connectivity index (χ0v) is 12.1. The van der Waals surface area contributed by atoms with Gasteiger partial charge in [-0.3, -0.25) is 16.0 Å². The number of halogens is 1. The van der Waals surface area contributed by atoms with Crippen molar-refractivity contribution in [2.45, 2.75) is 32.9 Å². The zero-order chi connectivity index (χ0) is 13.1. The van der Waals surface area contributed by atoms with Gasteiger partial charge < -0.3 is 0 Å². The van der Waals surface area contributed by atoms with Gasteiger partial charge in [0, 0.05) is 17.6 Å². The van der Waals surface area contributed by atoms with E-state index in [0.717, 1.165) is 34.0 Å². The molecule has 18 heavy (non-hydrogen) atoms. The Morgan fingerprint density at radius 2 is 2.39 bits per heavy atom. The molecule has 0 aromatic carbocycles. The lowest BCUT2D eigenvalue weighted by molar-refractivity contribution is 0.560. The minimum absolute atomic E-state index is 0.0331. The third-order valence-corrected chi connectivity index (χ3v) is 4.72. The fourth-order valence-corrected chi connectivity index (χ4v) is 3.22. The molecule has 0 radical (unpaired) electrons. The van der Waals surface area contributed by atoms with Crippen LogP contribution in [0, 0.1) is 6.92 Å². The molecule has 1 atom stereocenters. The maximum absolute atomic E-state index is 6.28. The summed E-state index contributed by atoms with van der Waals surface area (Å²) in [4.78, 5) is 1.08. The predicted molar refractivity (Wildman–Crippen MR) is 75.7 cm³/mol. The Kier molecular flexibility index (Phi) is 4.40. The third kappa shape index (κ3) is 2.75. The van der Waals surface area contributed by atoms with Crippen molar-refractivity contribution in [2.75, 3.05) is 0 Å². The number of nitrogens with one attached hydrogen (secondary N) is 1. The van der Waals surface area contributed by atoms with Gasteiger partial charge in [0.1, 0.15) is 0 Å². The summed E-state index contributed by atoms with van der Waals surface area (Å²) in [6, 6.07) is 0.0331. The van der Waals surface area contributed by atoms with Crippen LogP contribution in [0.1, 0.15) is 29.0 Å². The highest BCUT2D eigenvalue weighted by atomic mass is 35.5.